The van der Waals surface area contributed by atoms with Gasteiger partial charge in [0.2, 0.25) is 0 Å². The van der Waals surface area contributed by atoms with Crippen LogP contribution in [0.1, 0.15) is 27.4 Å². The molecule has 124 valence electrons. The SMILES string of the molecule is Cn1cc(C#N)nc1C(=O)Nc1ccc(N)c(C(=N)c2ccoc2)c1. The summed E-state index contributed by atoms with van der Waals surface area (Å²) in [6.07, 6.45) is 4.39. The van der Waals surface area contributed by atoms with E-state index in [1.807, 2.05) is 6.07 Å². The lowest BCUT2D eigenvalue weighted by atomic mass is 10.0. The molecular formula is C17H14N6O2. The van der Waals surface area contributed by atoms with Crippen LogP contribution in [-0.4, -0.2) is 21.2 Å². The first-order valence-corrected chi connectivity index (χ1v) is 7.25. The standard InChI is InChI=1S/C17H14N6O2/c1-23-8-12(7-18)21-16(23)17(24)22-11-2-3-14(19)13(6-11)15(20)10-4-5-25-9-10/h2-6,8-9,20H,19H2,1H3,(H,22,24). The maximum absolute atomic E-state index is 12.4. The summed E-state index contributed by atoms with van der Waals surface area (Å²) in [4.78, 5) is 16.3. The monoisotopic (exact) mass is 334 g/mol. The Morgan fingerprint density at radius 3 is 2.88 bits per heavy atom. The van der Waals surface area contributed by atoms with Gasteiger partial charge in [-0.15, -0.1) is 0 Å². The molecule has 0 radical (unpaired) electrons. The maximum atomic E-state index is 12.4. The zero-order chi connectivity index (χ0) is 18.0. The molecule has 0 bridgehead atoms. The molecule has 2 aromatic heterocycles. The number of nitrogens with two attached hydrogens (primary N) is 1. The molecule has 8 heteroatoms. The molecule has 3 aromatic rings. The molecule has 8 nitrogen and oxygen atoms in total. The van der Waals surface area contributed by atoms with E-state index >= 15 is 0 Å². The number of carbonyl (C=O) groups is 1. The molecule has 25 heavy (non-hydrogen) atoms. The fraction of sp³-hybridized carbons (Fsp3) is 0.0588. The number of benzene rings is 1. The van der Waals surface area contributed by atoms with Gasteiger partial charge in [-0.2, -0.15) is 5.26 Å². The summed E-state index contributed by atoms with van der Waals surface area (Å²) < 4.78 is 6.46. The van der Waals surface area contributed by atoms with Crippen LogP contribution in [0.5, 0.6) is 0 Å². The normalized spacial score (nSPS) is 10.2. The highest BCUT2D eigenvalue weighted by Crippen LogP contribution is 2.22. The smallest absolute Gasteiger partial charge is 0.291 e. The van der Waals surface area contributed by atoms with Gasteiger partial charge in [0.05, 0.1) is 18.2 Å². The Kier molecular flexibility index (Phi) is 4.05. The van der Waals surface area contributed by atoms with Gasteiger partial charge in [-0.25, -0.2) is 4.98 Å². The van der Waals surface area contributed by atoms with Crippen LogP contribution in [0.2, 0.25) is 0 Å². The van der Waals surface area contributed by atoms with Crippen LogP contribution in [0.25, 0.3) is 0 Å². The van der Waals surface area contributed by atoms with Crippen molar-refractivity contribution in [3.05, 3.63) is 65.6 Å². The third-order valence-corrected chi connectivity index (χ3v) is 3.58. The van der Waals surface area contributed by atoms with E-state index in [4.69, 9.17) is 20.8 Å². The number of imidazole rings is 1. The molecule has 4 N–H and O–H groups in total. The van der Waals surface area contributed by atoms with E-state index < -0.39 is 5.91 Å². The Hall–Kier alpha value is -3.86. The zero-order valence-electron chi connectivity index (χ0n) is 13.3. The van der Waals surface area contributed by atoms with Crippen molar-refractivity contribution >= 4 is 23.0 Å². The maximum Gasteiger partial charge on any atom is 0.291 e. The first-order chi connectivity index (χ1) is 12.0. The number of hydrogen-bond acceptors (Lipinski definition) is 6. The van der Waals surface area contributed by atoms with Gasteiger partial charge in [0, 0.05) is 35.7 Å². The van der Waals surface area contributed by atoms with E-state index in [2.05, 4.69) is 10.3 Å². The fourth-order valence-electron chi connectivity index (χ4n) is 2.33. The van der Waals surface area contributed by atoms with Crippen LogP contribution in [0.15, 0.2) is 47.4 Å². The Morgan fingerprint density at radius 2 is 2.24 bits per heavy atom. The number of nitrogens with one attached hydrogen (secondary N) is 2. The second kappa shape index (κ2) is 6.33. The Labute approximate surface area is 143 Å². The molecule has 0 atom stereocenters. The van der Waals surface area contributed by atoms with Gasteiger partial charge >= 0.3 is 0 Å². The summed E-state index contributed by atoms with van der Waals surface area (Å²) in [6.45, 7) is 0. The van der Waals surface area contributed by atoms with Crippen molar-refractivity contribution in [1.29, 1.82) is 10.7 Å². The van der Waals surface area contributed by atoms with Gasteiger partial charge in [0.1, 0.15) is 6.07 Å². The number of carbonyl (C=O) groups excluding carboxylic acids is 1. The minimum atomic E-state index is -0.463. The van der Waals surface area contributed by atoms with E-state index in [1.165, 1.54) is 23.3 Å². The number of anilines is 2. The van der Waals surface area contributed by atoms with Gasteiger partial charge in [0.25, 0.3) is 5.91 Å². The number of nitriles is 1. The molecule has 1 aromatic carbocycles. The van der Waals surface area contributed by atoms with Crippen molar-refractivity contribution in [3.63, 3.8) is 0 Å². The van der Waals surface area contributed by atoms with Gasteiger partial charge in [-0.3, -0.25) is 10.2 Å². The molecule has 3 rings (SSSR count). The van der Waals surface area contributed by atoms with Crippen LogP contribution in [0, 0.1) is 16.7 Å². The number of furan rings is 1. The summed E-state index contributed by atoms with van der Waals surface area (Å²) in [5.74, 6) is -0.352. The Bertz CT molecular complexity index is 995. The second-order valence-corrected chi connectivity index (χ2v) is 5.32. The van der Waals surface area contributed by atoms with E-state index in [-0.39, 0.29) is 17.2 Å². The average molecular weight is 334 g/mol. The molecule has 1 amide bonds. The lowest BCUT2D eigenvalue weighted by Gasteiger charge is -2.10. The van der Waals surface area contributed by atoms with Gasteiger partial charge < -0.3 is 20.0 Å². The molecule has 0 saturated heterocycles. The van der Waals surface area contributed by atoms with Crippen LogP contribution in [-0.2, 0) is 7.05 Å². The first-order valence-electron chi connectivity index (χ1n) is 7.25. The van der Waals surface area contributed by atoms with E-state index in [9.17, 15) is 4.79 Å². The molecule has 0 spiro atoms. The molecule has 0 unspecified atom stereocenters. The summed E-state index contributed by atoms with van der Waals surface area (Å²) in [5, 5.41) is 19.8. The van der Waals surface area contributed by atoms with Crippen molar-refractivity contribution in [3.8, 4) is 6.07 Å². The van der Waals surface area contributed by atoms with Crippen molar-refractivity contribution < 1.29 is 9.21 Å². The third-order valence-electron chi connectivity index (χ3n) is 3.58. The zero-order valence-corrected chi connectivity index (χ0v) is 13.3. The largest absolute Gasteiger partial charge is 0.472 e. The summed E-state index contributed by atoms with van der Waals surface area (Å²) in [6, 6.07) is 8.40. The Morgan fingerprint density at radius 1 is 1.44 bits per heavy atom. The lowest BCUT2D eigenvalue weighted by Crippen LogP contribution is -2.17. The van der Waals surface area contributed by atoms with Crippen LogP contribution >= 0.6 is 0 Å². The van der Waals surface area contributed by atoms with Gasteiger partial charge in [0.15, 0.2) is 11.5 Å². The summed E-state index contributed by atoms with van der Waals surface area (Å²) in [7, 11) is 1.63. The molecule has 0 aliphatic carbocycles. The van der Waals surface area contributed by atoms with Crippen LogP contribution < -0.4 is 11.1 Å². The summed E-state index contributed by atoms with van der Waals surface area (Å²) in [5.41, 5.74) is 8.22. The Balaban J connectivity index is 1.87. The minimum absolute atomic E-state index is 0.111. The number of rotatable bonds is 4. The number of aryl methyl sites for hydroxylation is 1. The van der Waals surface area contributed by atoms with Crippen LogP contribution in [0.3, 0.4) is 0 Å². The molecular weight excluding hydrogens is 320 g/mol. The second-order valence-electron chi connectivity index (χ2n) is 5.32. The van der Waals surface area contributed by atoms with E-state index in [0.29, 0.717) is 22.5 Å². The van der Waals surface area contributed by atoms with Crippen molar-refractivity contribution in [2.75, 3.05) is 11.1 Å². The van der Waals surface area contributed by atoms with Crippen molar-refractivity contribution in [2.24, 2.45) is 7.05 Å². The highest BCUT2D eigenvalue weighted by atomic mass is 16.3. The highest BCUT2D eigenvalue weighted by molar-refractivity contribution is 6.14. The fourth-order valence-corrected chi connectivity index (χ4v) is 2.33. The topological polar surface area (TPSA) is 134 Å². The predicted molar refractivity (Wildman–Crippen MR) is 91.4 cm³/mol. The molecule has 0 aliphatic rings. The third kappa shape index (κ3) is 3.11. The molecule has 2 heterocycles. The minimum Gasteiger partial charge on any atom is -0.472 e. The van der Waals surface area contributed by atoms with Gasteiger partial charge in [-0.1, -0.05) is 0 Å². The molecule has 0 fully saturated rings. The predicted octanol–water partition coefficient (Wildman–Crippen LogP) is 2.14. The molecule has 0 saturated carbocycles. The number of amides is 1. The number of hydrogen-bond donors (Lipinski definition) is 3. The van der Waals surface area contributed by atoms with E-state index in [0.717, 1.165) is 0 Å². The lowest BCUT2D eigenvalue weighted by molar-refractivity contribution is 0.101. The average Bonchev–Trinajstić information content (AvgIpc) is 3.25. The molecule has 0 aliphatic heterocycles. The van der Waals surface area contributed by atoms with Gasteiger partial charge in [-0.05, 0) is 24.3 Å². The highest BCUT2D eigenvalue weighted by Gasteiger charge is 2.16. The van der Waals surface area contributed by atoms with Crippen LogP contribution in [0.4, 0.5) is 11.4 Å². The number of nitrogens with zero attached hydrogens (tertiary/aromatic N) is 3. The quantitative estimate of drug-likeness (QED) is 0.496. The van der Waals surface area contributed by atoms with Crippen molar-refractivity contribution in [1.82, 2.24) is 9.55 Å². The van der Waals surface area contributed by atoms with E-state index in [1.54, 1.807) is 31.3 Å². The number of nitrogen functional groups attached to an aromatic ring is 1. The first kappa shape index (κ1) is 16.0. The van der Waals surface area contributed by atoms with Crippen molar-refractivity contribution in [2.45, 2.75) is 0 Å². The summed E-state index contributed by atoms with van der Waals surface area (Å²) >= 11 is 0. The number of aromatic nitrogens is 2.